The molecule has 0 rings (SSSR count). The molecular formula is C12H26N2O4S. The van der Waals surface area contributed by atoms with Crippen molar-refractivity contribution >= 4 is 16.2 Å². The number of methoxy groups -OCH3 is 1. The molecule has 6 nitrogen and oxygen atoms in total. The molecule has 1 atom stereocenters. The van der Waals surface area contributed by atoms with Crippen molar-refractivity contribution in [1.82, 2.24) is 9.03 Å². The second-order valence-corrected chi connectivity index (χ2v) is 6.81. The summed E-state index contributed by atoms with van der Waals surface area (Å²) in [5.74, 6) is -0.367. The Morgan fingerprint density at radius 3 is 2.37 bits per heavy atom. The van der Waals surface area contributed by atoms with Crippen molar-refractivity contribution < 1.29 is 17.9 Å². The molecule has 114 valence electrons. The van der Waals surface area contributed by atoms with Gasteiger partial charge in [-0.15, -0.1) is 0 Å². The number of ether oxygens (including phenoxy) is 1. The van der Waals surface area contributed by atoms with E-state index < -0.39 is 22.2 Å². The molecule has 0 amide bonds. The lowest BCUT2D eigenvalue weighted by Crippen LogP contribution is -2.48. The Kier molecular flexibility index (Phi) is 8.20. The predicted molar refractivity (Wildman–Crippen MR) is 74.9 cm³/mol. The van der Waals surface area contributed by atoms with Gasteiger partial charge in [0.15, 0.2) is 0 Å². The minimum atomic E-state index is -3.65. The first-order valence-corrected chi connectivity index (χ1v) is 8.00. The van der Waals surface area contributed by atoms with E-state index in [2.05, 4.69) is 9.46 Å². The SMILES string of the molecule is CCCCN(C)S(=O)(=O)NC(CC(C)C)C(=O)OC. The summed E-state index contributed by atoms with van der Waals surface area (Å²) in [6, 6.07) is -0.834. The van der Waals surface area contributed by atoms with Crippen LogP contribution in [0.2, 0.25) is 0 Å². The van der Waals surface area contributed by atoms with Gasteiger partial charge in [0.2, 0.25) is 0 Å². The van der Waals surface area contributed by atoms with Gasteiger partial charge in [0.05, 0.1) is 7.11 Å². The zero-order valence-electron chi connectivity index (χ0n) is 12.5. The molecule has 0 aromatic rings. The number of carbonyl (C=O) groups is 1. The van der Waals surface area contributed by atoms with Crippen LogP contribution in [0.3, 0.4) is 0 Å². The summed E-state index contributed by atoms with van der Waals surface area (Å²) >= 11 is 0. The molecule has 0 heterocycles. The minimum Gasteiger partial charge on any atom is -0.468 e. The van der Waals surface area contributed by atoms with E-state index >= 15 is 0 Å². The third kappa shape index (κ3) is 6.89. The van der Waals surface area contributed by atoms with Crippen LogP contribution in [0.1, 0.15) is 40.0 Å². The summed E-state index contributed by atoms with van der Waals surface area (Å²) in [6.07, 6.45) is 2.10. The van der Waals surface area contributed by atoms with Crippen molar-refractivity contribution in [2.75, 3.05) is 20.7 Å². The number of hydrogen-bond donors (Lipinski definition) is 1. The average Bonchev–Trinajstić information content (AvgIpc) is 2.33. The van der Waals surface area contributed by atoms with Gasteiger partial charge in [0.25, 0.3) is 10.2 Å². The third-order valence-electron chi connectivity index (χ3n) is 2.72. The summed E-state index contributed by atoms with van der Waals surface area (Å²) in [5.41, 5.74) is 0. The van der Waals surface area contributed by atoms with Crippen molar-refractivity contribution in [3.8, 4) is 0 Å². The van der Waals surface area contributed by atoms with E-state index in [1.807, 2.05) is 20.8 Å². The molecule has 0 aliphatic heterocycles. The van der Waals surface area contributed by atoms with Gasteiger partial charge >= 0.3 is 5.97 Å². The largest absolute Gasteiger partial charge is 0.468 e. The molecule has 0 aliphatic carbocycles. The van der Waals surface area contributed by atoms with Crippen LogP contribution >= 0.6 is 0 Å². The maximum Gasteiger partial charge on any atom is 0.323 e. The Hall–Kier alpha value is -0.660. The fraction of sp³-hybridized carbons (Fsp3) is 0.917. The van der Waals surface area contributed by atoms with Gasteiger partial charge in [-0.1, -0.05) is 27.2 Å². The first-order chi connectivity index (χ1) is 8.74. The van der Waals surface area contributed by atoms with E-state index in [9.17, 15) is 13.2 Å². The molecule has 0 saturated carbocycles. The monoisotopic (exact) mass is 294 g/mol. The van der Waals surface area contributed by atoms with Crippen LogP contribution in [-0.4, -0.2) is 45.4 Å². The third-order valence-corrected chi connectivity index (χ3v) is 4.31. The van der Waals surface area contributed by atoms with Crippen LogP contribution in [0.25, 0.3) is 0 Å². The molecule has 0 aromatic carbocycles. The number of hydrogen-bond acceptors (Lipinski definition) is 4. The summed E-state index contributed by atoms with van der Waals surface area (Å²) in [6.45, 7) is 6.27. The van der Waals surface area contributed by atoms with Gasteiger partial charge in [0.1, 0.15) is 6.04 Å². The topological polar surface area (TPSA) is 75.7 Å². The number of rotatable bonds is 9. The summed E-state index contributed by atoms with van der Waals surface area (Å²) < 4.78 is 32.4. The Labute approximate surface area is 116 Å². The number of nitrogens with one attached hydrogen (secondary N) is 1. The van der Waals surface area contributed by atoms with Gasteiger partial charge < -0.3 is 4.74 Å². The zero-order valence-corrected chi connectivity index (χ0v) is 13.3. The van der Waals surface area contributed by atoms with E-state index in [-0.39, 0.29) is 5.92 Å². The van der Waals surface area contributed by atoms with Gasteiger partial charge in [0, 0.05) is 13.6 Å². The lowest BCUT2D eigenvalue weighted by molar-refractivity contribution is -0.143. The van der Waals surface area contributed by atoms with Gasteiger partial charge in [-0.25, -0.2) is 0 Å². The lowest BCUT2D eigenvalue weighted by Gasteiger charge is -2.22. The van der Waals surface area contributed by atoms with Crippen LogP contribution < -0.4 is 4.72 Å². The molecule has 7 heteroatoms. The van der Waals surface area contributed by atoms with Crippen molar-refractivity contribution in [3.05, 3.63) is 0 Å². The van der Waals surface area contributed by atoms with E-state index in [0.29, 0.717) is 13.0 Å². The molecule has 1 N–H and O–H groups in total. The van der Waals surface area contributed by atoms with Gasteiger partial charge in [-0.2, -0.15) is 17.4 Å². The number of nitrogens with zero attached hydrogens (tertiary/aromatic N) is 1. The second kappa shape index (κ2) is 8.50. The molecule has 1 unspecified atom stereocenters. The summed E-state index contributed by atoms with van der Waals surface area (Å²) in [7, 11) is -0.894. The highest BCUT2D eigenvalue weighted by molar-refractivity contribution is 7.87. The molecule has 0 radical (unpaired) electrons. The Balaban J connectivity index is 4.76. The van der Waals surface area contributed by atoms with Crippen LogP contribution in [0.15, 0.2) is 0 Å². The van der Waals surface area contributed by atoms with Crippen molar-refractivity contribution in [3.63, 3.8) is 0 Å². The van der Waals surface area contributed by atoms with E-state index in [4.69, 9.17) is 0 Å². The van der Waals surface area contributed by atoms with Gasteiger partial charge in [-0.3, -0.25) is 4.79 Å². The first-order valence-electron chi connectivity index (χ1n) is 6.56. The van der Waals surface area contributed by atoms with E-state index in [0.717, 1.165) is 12.8 Å². The smallest absolute Gasteiger partial charge is 0.323 e. The summed E-state index contributed by atoms with van der Waals surface area (Å²) in [4.78, 5) is 11.6. The molecule has 0 spiro atoms. The maximum absolute atomic E-state index is 12.1. The molecule has 0 aromatic heterocycles. The molecular weight excluding hydrogens is 268 g/mol. The highest BCUT2D eigenvalue weighted by atomic mass is 32.2. The second-order valence-electron chi connectivity index (χ2n) is 5.00. The van der Waals surface area contributed by atoms with Crippen molar-refractivity contribution in [2.24, 2.45) is 5.92 Å². The average molecular weight is 294 g/mol. The fourth-order valence-corrected chi connectivity index (χ4v) is 2.68. The normalized spacial score (nSPS) is 13.8. The van der Waals surface area contributed by atoms with Crippen LogP contribution in [0.4, 0.5) is 0 Å². The molecule has 0 saturated heterocycles. The standard InChI is InChI=1S/C12H26N2O4S/c1-6-7-8-14(4)19(16,17)13-11(9-10(2)3)12(15)18-5/h10-11,13H,6-9H2,1-5H3. The van der Waals surface area contributed by atoms with Crippen LogP contribution in [0.5, 0.6) is 0 Å². The highest BCUT2D eigenvalue weighted by Crippen LogP contribution is 2.09. The number of carbonyl (C=O) groups excluding carboxylic acids is 1. The first kappa shape index (κ1) is 18.3. The quantitative estimate of drug-likeness (QED) is 0.647. The van der Waals surface area contributed by atoms with Crippen molar-refractivity contribution in [1.29, 1.82) is 0 Å². The number of esters is 1. The van der Waals surface area contributed by atoms with Crippen LogP contribution in [0, 0.1) is 5.92 Å². The molecule has 0 fully saturated rings. The lowest BCUT2D eigenvalue weighted by atomic mass is 10.1. The fourth-order valence-electron chi connectivity index (χ4n) is 1.58. The van der Waals surface area contributed by atoms with E-state index in [1.165, 1.54) is 18.5 Å². The molecule has 0 bridgehead atoms. The van der Waals surface area contributed by atoms with Crippen molar-refractivity contribution in [2.45, 2.75) is 46.1 Å². The Morgan fingerprint density at radius 1 is 1.37 bits per heavy atom. The summed E-state index contributed by atoms with van der Waals surface area (Å²) in [5, 5.41) is 0. The predicted octanol–water partition coefficient (Wildman–Crippen LogP) is 1.14. The molecule has 19 heavy (non-hydrogen) atoms. The minimum absolute atomic E-state index is 0.188. The highest BCUT2D eigenvalue weighted by Gasteiger charge is 2.28. The molecule has 0 aliphatic rings. The number of unbranched alkanes of at least 4 members (excludes halogenated alkanes) is 1. The van der Waals surface area contributed by atoms with Gasteiger partial charge in [-0.05, 0) is 18.8 Å². The zero-order chi connectivity index (χ0) is 15.1. The maximum atomic E-state index is 12.1. The van der Waals surface area contributed by atoms with Crippen LogP contribution in [-0.2, 0) is 19.7 Å². The Morgan fingerprint density at radius 2 is 1.95 bits per heavy atom. The van der Waals surface area contributed by atoms with E-state index in [1.54, 1.807) is 0 Å². The Bertz CT molecular complexity index is 368.